The maximum atomic E-state index is 5.57. The van der Waals surface area contributed by atoms with E-state index in [1.54, 1.807) is 0 Å². The van der Waals surface area contributed by atoms with Gasteiger partial charge >= 0.3 is 0 Å². The molecule has 0 saturated carbocycles. The van der Waals surface area contributed by atoms with Crippen LogP contribution in [0.1, 0.15) is 46.1 Å². The average molecular weight is 446 g/mol. The number of pyridine rings is 1. The first-order valence-electron chi connectivity index (χ1n) is 8.73. The molecule has 1 atom stereocenters. The monoisotopic (exact) mass is 446 g/mol. The van der Waals surface area contributed by atoms with E-state index in [4.69, 9.17) is 9.73 Å². The number of aliphatic imine (C=N–C) groups is 1. The zero-order valence-corrected chi connectivity index (χ0v) is 17.6. The minimum absolute atomic E-state index is 0. The number of likely N-dealkylation sites (tertiary alicyclic amines) is 1. The third-order valence-electron chi connectivity index (χ3n) is 3.86. The van der Waals surface area contributed by atoms with Crippen LogP contribution in [0.5, 0.6) is 5.88 Å². The fourth-order valence-corrected chi connectivity index (χ4v) is 2.79. The van der Waals surface area contributed by atoms with Crippen molar-refractivity contribution in [3.63, 3.8) is 0 Å². The van der Waals surface area contributed by atoms with E-state index in [1.807, 2.05) is 32.2 Å². The van der Waals surface area contributed by atoms with Gasteiger partial charge in [0.1, 0.15) is 0 Å². The molecule has 1 N–H and O–H groups in total. The Bertz CT molecular complexity index is 504. The molecule has 1 aromatic heterocycles. The number of halogens is 1. The molecule has 1 unspecified atom stereocenters. The maximum absolute atomic E-state index is 5.57. The number of ether oxygens (including phenoxy) is 1. The second kappa shape index (κ2) is 10.7. The van der Waals surface area contributed by atoms with Gasteiger partial charge in [-0.2, -0.15) is 0 Å². The Morgan fingerprint density at radius 1 is 1.46 bits per heavy atom. The highest BCUT2D eigenvalue weighted by Crippen LogP contribution is 2.16. The Balaban J connectivity index is 0.00000288. The molecule has 2 heterocycles. The Kier molecular flexibility index (Phi) is 9.39. The molecule has 6 heteroatoms. The fraction of sp³-hybridized carbons (Fsp3) is 0.667. The van der Waals surface area contributed by atoms with Crippen molar-refractivity contribution >= 4 is 29.9 Å². The van der Waals surface area contributed by atoms with Gasteiger partial charge in [0.2, 0.25) is 5.88 Å². The maximum Gasteiger partial charge on any atom is 0.213 e. The predicted octanol–water partition coefficient (Wildman–Crippen LogP) is 3.68. The van der Waals surface area contributed by atoms with Gasteiger partial charge in [0.15, 0.2) is 5.96 Å². The van der Waals surface area contributed by atoms with E-state index < -0.39 is 0 Å². The number of nitrogens with one attached hydrogen (secondary N) is 1. The summed E-state index contributed by atoms with van der Waals surface area (Å²) in [6, 6.07) is 3.96. The van der Waals surface area contributed by atoms with Crippen LogP contribution in [0.4, 0.5) is 0 Å². The Labute approximate surface area is 163 Å². The van der Waals surface area contributed by atoms with Gasteiger partial charge in [-0.05, 0) is 45.1 Å². The van der Waals surface area contributed by atoms with E-state index in [2.05, 4.69) is 29.0 Å². The molecule has 2 rings (SSSR count). The molecule has 5 nitrogen and oxygen atoms in total. The molecule has 0 spiro atoms. The van der Waals surface area contributed by atoms with Crippen molar-refractivity contribution < 1.29 is 4.74 Å². The number of guanidine groups is 1. The van der Waals surface area contributed by atoms with Crippen molar-refractivity contribution in [1.82, 2.24) is 15.2 Å². The zero-order chi connectivity index (χ0) is 16.7. The number of hydrogen-bond donors (Lipinski definition) is 1. The highest BCUT2D eigenvalue weighted by molar-refractivity contribution is 14.0. The second-order valence-corrected chi connectivity index (χ2v) is 6.53. The van der Waals surface area contributed by atoms with Crippen molar-refractivity contribution in [2.24, 2.45) is 10.9 Å². The number of aromatic nitrogens is 1. The third-order valence-corrected chi connectivity index (χ3v) is 3.86. The van der Waals surface area contributed by atoms with Gasteiger partial charge in [-0.15, -0.1) is 24.0 Å². The fourth-order valence-electron chi connectivity index (χ4n) is 2.79. The van der Waals surface area contributed by atoms with E-state index in [0.717, 1.165) is 37.1 Å². The highest BCUT2D eigenvalue weighted by atomic mass is 127. The van der Waals surface area contributed by atoms with Crippen LogP contribution in [0.3, 0.4) is 0 Å². The molecule has 0 bridgehead atoms. The number of piperidine rings is 1. The number of nitrogens with zero attached hydrogens (tertiary/aromatic N) is 3. The summed E-state index contributed by atoms with van der Waals surface area (Å²) in [7, 11) is 0. The van der Waals surface area contributed by atoms with Crippen molar-refractivity contribution in [2.45, 2.75) is 53.2 Å². The van der Waals surface area contributed by atoms with Crippen LogP contribution >= 0.6 is 24.0 Å². The van der Waals surface area contributed by atoms with Crippen LogP contribution in [0.25, 0.3) is 0 Å². The molecular formula is C18H31IN4O. The molecular weight excluding hydrogens is 415 g/mol. The molecule has 1 aliphatic rings. The standard InChI is InChI=1S/C18H30N4O.HI/c1-5-19-18(22-10-6-7-15(4)13-22)21-12-16-8-9-17(20-11-16)23-14(2)3;/h8-9,11,14-15H,5-7,10,12-13H2,1-4H3,(H,19,21);1H. The van der Waals surface area contributed by atoms with Crippen molar-refractivity contribution in [3.8, 4) is 5.88 Å². The second-order valence-electron chi connectivity index (χ2n) is 6.53. The highest BCUT2D eigenvalue weighted by Gasteiger charge is 2.18. The molecule has 1 saturated heterocycles. The van der Waals surface area contributed by atoms with E-state index in [9.17, 15) is 0 Å². The molecule has 0 aliphatic carbocycles. The van der Waals surface area contributed by atoms with Gasteiger partial charge < -0.3 is 15.0 Å². The summed E-state index contributed by atoms with van der Waals surface area (Å²) in [4.78, 5) is 11.5. The summed E-state index contributed by atoms with van der Waals surface area (Å²) in [6.45, 7) is 12.1. The molecule has 1 fully saturated rings. The minimum Gasteiger partial charge on any atom is -0.475 e. The molecule has 1 aromatic rings. The van der Waals surface area contributed by atoms with Crippen LogP contribution in [0.15, 0.2) is 23.3 Å². The Morgan fingerprint density at radius 2 is 2.25 bits per heavy atom. The van der Waals surface area contributed by atoms with E-state index in [1.165, 1.54) is 12.8 Å². The van der Waals surface area contributed by atoms with E-state index >= 15 is 0 Å². The smallest absolute Gasteiger partial charge is 0.213 e. The minimum atomic E-state index is 0. The van der Waals surface area contributed by atoms with Crippen LogP contribution in [0.2, 0.25) is 0 Å². The lowest BCUT2D eigenvalue weighted by molar-refractivity contribution is 0.232. The van der Waals surface area contributed by atoms with Crippen LogP contribution < -0.4 is 10.1 Å². The third kappa shape index (κ3) is 6.83. The Hall–Kier alpha value is -1.05. The van der Waals surface area contributed by atoms with Gasteiger partial charge in [0.05, 0.1) is 12.6 Å². The van der Waals surface area contributed by atoms with Crippen LogP contribution in [-0.4, -0.2) is 41.6 Å². The van der Waals surface area contributed by atoms with Gasteiger partial charge in [-0.25, -0.2) is 9.98 Å². The number of hydrogen-bond acceptors (Lipinski definition) is 3. The summed E-state index contributed by atoms with van der Waals surface area (Å²) in [5, 5.41) is 3.41. The SMILES string of the molecule is CCNC(=NCc1ccc(OC(C)C)nc1)N1CCCC(C)C1.I. The normalized spacial score (nSPS) is 18.3. The van der Waals surface area contributed by atoms with Crippen molar-refractivity contribution in [3.05, 3.63) is 23.9 Å². The summed E-state index contributed by atoms with van der Waals surface area (Å²) in [5.41, 5.74) is 1.10. The summed E-state index contributed by atoms with van der Waals surface area (Å²) in [5.74, 6) is 2.42. The molecule has 0 aromatic carbocycles. The molecule has 0 amide bonds. The predicted molar refractivity (Wildman–Crippen MR) is 110 cm³/mol. The number of rotatable bonds is 5. The van der Waals surface area contributed by atoms with E-state index in [0.29, 0.717) is 12.4 Å². The summed E-state index contributed by atoms with van der Waals surface area (Å²) >= 11 is 0. The Morgan fingerprint density at radius 3 is 2.83 bits per heavy atom. The lowest BCUT2D eigenvalue weighted by Gasteiger charge is -2.33. The molecule has 136 valence electrons. The first-order chi connectivity index (χ1) is 11.1. The lowest BCUT2D eigenvalue weighted by Crippen LogP contribution is -2.46. The van der Waals surface area contributed by atoms with Gasteiger partial charge in [0, 0.05) is 31.9 Å². The topological polar surface area (TPSA) is 49.8 Å². The largest absolute Gasteiger partial charge is 0.475 e. The van der Waals surface area contributed by atoms with Crippen molar-refractivity contribution in [1.29, 1.82) is 0 Å². The lowest BCUT2D eigenvalue weighted by atomic mass is 10.0. The quantitative estimate of drug-likeness (QED) is 0.426. The molecule has 24 heavy (non-hydrogen) atoms. The van der Waals surface area contributed by atoms with Crippen molar-refractivity contribution in [2.75, 3.05) is 19.6 Å². The first-order valence-corrected chi connectivity index (χ1v) is 8.73. The van der Waals surface area contributed by atoms with Gasteiger partial charge in [-0.3, -0.25) is 0 Å². The zero-order valence-electron chi connectivity index (χ0n) is 15.3. The van der Waals surface area contributed by atoms with Gasteiger partial charge in [-0.1, -0.05) is 13.0 Å². The van der Waals surface area contributed by atoms with Crippen LogP contribution in [-0.2, 0) is 6.54 Å². The first kappa shape index (κ1) is 21.0. The van der Waals surface area contributed by atoms with Crippen LogP contribution in [0, 0.1) is 5.92 Å². The molecule has 1 aliphatic heterocycles. The van der Waals surface area contributed by atoms with Gasteiger partial charge in [0.25, 0.3) is 0 Å². The molecule has 0 radical (unpaired) electrons. The summed E-state index contributed by atoms with van der Waals surface area (Å²) < 4.78 is 5.57. The van der Waals surface area contributed by atoms with E-state index in [-0.39, 0.29) is 30.1 Å². The summed E-state index contributed by atoms with van der Waals surface area (Å²) in [6.07, 6.45) is 4.56. The average Bonchev–Trinajstić information content (AvgIpc) is 2.52.